The second kappa shape index (κ2) is 11.3. The van der Waals surface area contributed by atoms with Crippen molar-refractivity contribution in [3.8, 4) is 0 Å². The van der Waals surface area contributed by atoms with E-state index in [1.165, 1.54) is 18.6 Å². The van der Waals surface area contributed by atoms with Gasteiger partial charge in [-0.1, -0.05) is 6.92 Å². The van der Waals surface area contributed by atoms with Gasteiger partial charge in [-0.25, -0.2) is 0 Å². The highest BCUT2D eigenvalue weighted by atomic mass is 32.2. The van der Waals surface area contributed by atoms with Crippen molar-refractivity contribution in [2.75, 3.05) is 45.9 Å². The maximum atomic E-state index is 5.32. The van der Waals surface area contributed by atoms with E-state index in [0.29, 0.717) is 12.1 Å². The number of nitrogens with zero attached hydrogens (tertiary/aromatic N) is 1. The van der Waals surface area contributed by atoms with Crippen molar-refractivity contribution in [3.05, 3.63) is 0 Å². The molecule has 0 aliphatic carbocycles. The fourth-order valence-corrected chi connectivity index (χ4v) is 2.39. The van der Waals surface area contributed by atoms with Crippen molar-refractivity contribution < 1.29 is 4.74 Å². The van der Waals surface area contributed by atoms with Crippen molar-refractivity contribution in [2.24, 2.45) is 0 Å². The second-order valence-corrected chi connectivity index (χ2v) is 5.59. The van der Waals surface area contributed by atoms with E-state index in [9.17, 15) is 0 Å². The van der Waals surface area contributed by atoms with Crippen LogP contribution in [0.5, 0.6) is 0 Å². The van der Waals surface area contributed by atoms with E-state index in [-0.39, 0.29) is 0 Å². The van der Waals surface area contributed by atoms with Crippen LogP contribution in [-0.4, -0.2) is 62.8 Å². The molecule has 2 atom stereocenters. The molecule has 2 unspecified atom stereocenters. The smallest absolute Gasteiger partial charge is 0.0630 e. The third kappa shape index (κ3) is 8.03. The maximum Gasteiger partial charge on any atom is 0.0630 e. The van der Waals surface area contributed by atoms with Gasteiger partial charge in [0.25, 0.3) is 0 Å². The average molecular weight is 262 g/mol. The van der Waals surface area contributed by atoms with E-state index in [1.807, 2.05) is 11.8 Å². The van der Waals surface area contributed by atoms with Crippen molar-refractivity contribution in [2.45, 2.75) is 38.8 Å². The molecular formula is C13H30N2OS. The molecule has 0 aromatic rings. The zero-order valence-corrected chi connectivity index (χ0v) is 13.0. The molecule has 104 valence electrons. The van der Waals surface area contributed by atoms with Crippen LogP contribution in [0.25, 0.3) is 0 Å². The van der Waals surface area contributed by atoms with Crippen LogP contribution >= 0.6 is 11.8 Å². The Kier molecular flexibility index (Phi) is 11.5. The van der Waals surface area contributed by atoms with Gasteiger partial charge in [0.2, 0.25) is 0 Å². The van der Waals surface area contributed by atoms with Crippen LogP contribution in [0, 0.1) is 0 Å². The Morgan fingerprint density at radius 3 is 2.65 bits per heavy atom. The largest absolute Gasteiger partial charge is 0.383 e. The summed E-state index contributed by atoms with van der Waals surface area (Å²) in [5.74, 6) is 1.23. The quantitative estimate of drug-likeness (QED) is 0.576. The minimum Gasteiger partial charge on any atom is -0.383 e. The highest BCUT2D eigenvalue weighted by Crippen LogP contribution is 2.09. The van der Waals surface area contributed by atoms with Crippen LogP contribution in [0.1, 0.15) is 26.7 Å². The van der Waals surface area contributed by atoms with Crippen LogP contribution < -0.4 is 5.32 Å². The molecule has 0 aromatic carbocycles. The average Bonchev–Trinajstić information content (AvgIpc) is 2.34. The zero-order valence-electron chi connectivity index (χ0n) is 12.2. The number of hydrogen-bond acceptors (Lipinski definition) is 4. The molecule has 0 aliphatic heterocycles. The molecule has 0 saturated heterocycles. The summed E-state index contributed by atoms with van der Waals surface area (Å²) in [6.45, 7) is 7.41. The van der Waals surface area contributed by atoms with Gasteiger partial charge in [-0.05, 0) is 45.4 Å². The van der Waals surface area contributed by atoms with Crippen molar-refractivity contribution in [1.29, 1.82) is 0 Å². The lowest BCUT2D eigenvalue weighted by molar-refractivity contribution is 0.0830. The predicted molar refractivity (Wildman–Crippen MR) is 79.0 cm³/mol. The lowest BCUT2D eigenvalue weighted by atomic mass is 10.1. The molecule has 17 heavy (non-hydrogen) atoms. The van der Waals surface area contributed by atoms with Gasteiger partial charge in [-0.15, -0.1) is 0 Å². The van der Waals surface area contributed by atoms with Crippen molar-refractivity contribution in [3.63, 3.8) is 0 Å². The van der Waals surface area contributed by atoms with Crippen molar-refractivity contribution in [1.82, 2.24) is 10.2 Å². The summed E-state index contributed by atoms with van der Waals surface area (Å²) in [5.41, 5.74) is 0. The summed E-state index contributed by atoms with van der Waals surface area (Å²) in [7, 11) is 4.00. The van der Waals surface area contributed by atoms with E-state index < -0.39 is 0 Å². The van der Waals surface area contributed by atoms with Gasteiger partial charge >= 0.3 is 0 Å². The van der Waals surface area contributed by atoms with Gasteiger partial charge in [0.05, 0.1) is 6.61 Å². The van der Waals surface area contributed by atoms with Crippen LogP contribution in [0.3, 0.4) is 0 Å². The fraction of sp³-hybridized carbons (Fsp3) is 1.00. The molecule has 1 N–H and O–H groups in total. The first-order chi connectivity index (χ1) is 8.17. The first-order valence-corrected chi connectivity index (χ1v) is 7.97. The SMILES string of the molecule is CCCNCC(COC)N(C)C(C)CCSC. The minimum absolute atomic E-state index is 0.475. The molecule has 0 amide bonds. The zero-order chi connectivity index (χ0) is 13.1. The van der Waals surface area contributed by atoms with E-state index in [0.717, 1.165) is 19.7 Å². The molecule has 0 rings (SSSR count). The topological polar surface area (TPSA) is 24.5 Å². The highest BCUT2D eigenvalue weighted by molar-refractivity contribution is 7.98. The Morgan fingerprint density at radius 2 is 2.12 bits per heavy atom. The highest BCUT2D eigenvalue weighted by Gasteiger charge is 2.18. The number of likely N-dealkylation sites (N-methyl/N-ethyl adjacent to an activating group) is 1. The van der Waals surface area contributed by atoms with Crippen LogP contribution in [0.4, 0.5) is 0 Å². The number of nitrogens with one attached hydrogen (secondary N) is 1. The maximum absolute atomic E-state index is 5.32. The summed E-state index contributed by atoms with van der Waals surface area (Å²) in [4.78, 5) is 2.45. The molecule has 3 nitrogen and oxygen atoms in total. The van der Waals surface area contributed by atoms with Gasteiger partial charge in [-0.3, -0.25) is 4.90 Å². The van der Waals surface area contributed by atoms with Gasteiger partial charge < -0.3 is 10.1 Å². The van der Waals surface area contributed by atoms with Crippen LogP contribution in [-0.2, 0) is 4.74 Å². The first kappa shape index (κ1) is 17.2. The lowest BCUT2D eigenvalue weighted by Gasteiger charge is -2.33. The molecule has 4 heteroatoms. The number of rotatable bonds is 11. The second-order valence-electron chi connectivity index (χ2n) is 4.61. The first-order valence-electron chi connectivity index (χ1n) is 6.57. The minimum atomic E-state index is 0.475. The number of thioether (sulfide) groups is 1. The molecule has 0 aromatic heterocycles. The summed E-state index contributed by atoms with van der Waals surface area (Å²) in [5, 5.41) is 3.48. The van der Waals surface area contributed by atoms with Crippen LogP contribution in [0.2, 0.25) is 0 Å². The van der Waals surface area contributed by atoms with Crippen molar-refractivity contribution >= 4 is 11.8 Å². The normalized spacial score (nSPS) is 15.2. The van der Waals surface area contributed by atoms with E-state index in [1.54, 1.807) is 7.11 Å². The Balaban J connectivity index is 4.06. The predicted octanol–water partition coefficient (Wildman–Crippen LogP) is 2.07. The van der Waals surface area contributed by atoms with E-state index >= 15 is 0 Å². The van der Waals surface area contributed by atoms with Gasteiger partial charge in [-0.2, -0.15) is 11.8 Å². The Bertz CT molecular complexity index is 169. The molecule has 0 radical (unpaired) electrons. The third-order valence-corrected chi connectivity index (χ3v) is 3.82. The Morgan fingerprint density at radius 1 is 1.41 bits per heavy atom. The number of hydrogen-bond donors (Lipinski definition) is 1. The summed E-state index contributed by atoms with van der Waals surface area (Å²) in [6, 6.07) is 1.09. The van der Waals surface area contributed by atoms with E-state index in [2.05, 4.69) is 37.4 Å². The van der Waals surface area contributed by atoms with Gasteiger partial charge in [0.1, 0.15) is 0 Å². The molecule has 0 spiro atoms. The van der Waals surface area contributed by atoms with Gasteiger partial charge in [0.15, 0.2) is 0 Å². The molecule has 0 bridgehead atoms. The lowest BCUT2D eigenvalue weighted by Crippen LogP contribution is -2.47. The summed E-state index contributed by atoms with van der Waals surface area (Å²) in [6.07, 6.45) is 4.60. The fourth-order valence-electron chi connectivity index (χ4n) is 1.81. The summed E-state index contributed by atoms with van der Waals surface area (Å²) < 4.78 is 5.32. The standard InChI is InChI=1S/C13H30N2OS/c1-6-8-14-10-13(11-16-4)15(3)12(2)7-9-17-5/h12-14H,6-11H2,1-5H3. The molecular weight excluding hydrogens is 232 g/mol. The Hall–Kier alpha value is 0.230. The monoisotopic (exact) mass is 262 g/mol. The molecule has 0 saturated carbocycles. The molecule has 0 aliphatic rings. The summed E-state index contributed by atoms with van der Waals surface area (Å²) >= 11 is 1.92. The van der Waals surface area contributed by atoms with Gasteiger partial charge in [0, 0.05) is 25.7 Å². The molecule has 0 heterocycles. The van der Waals surface area contributed by atoms with Crippen LogP contribution in [0.15, 0.2) is 0 Å². The number of methoxy groups -OCH3 is 1. The third-order valence-electron chi connectivity index (χ3n) is 3.18. The Labute approximate surface area is 112 Å². The number of ether oxygens (including phenoxy) is 1. The molecule has 0 fully saturated rings. The van der Waals surface area contributed by atoms with E-state index in [4.69, 9.17) is 4.74 Å².